The highest BCUT2D eigenvalue weighted by atomic mass is 32.2. The number of carbonyl (C=O) groups is 1. The van der Waals surface area contributed by atoms with Crippen molar-refractivity contribution in [3.63, 3.8) is 0 Å². The third-order valence-electron chi connectivity index (χ3n) is 4.28. The number of hydrogen-bond acceptors (Lipinski definition) is 6. The van der Waals surface area contributed by atoms with Crippen molar-refractivity contribution in [3.05, 3.63) is 17.5 Å². The van der Waals surface area contributed by atoms with Gasteiger partial charge in [0, 0.05) is 44.8 Å². The lowest BCUT2D eigenvalue weighted by molar-refractivity contribution is 0.132. The van der Waals surface area contributed by atoms with Crippen LogP contribution in [0.25, 0.3) is 0 Å². The van der Waals surface area contributed by atoms with Gasteiger partial charge in [0.05, 0.1) is 17.2 Å². The van der Waals surface area contributed by atoms with E-state index in [4.69, 9.17) is 4.52 Å². The van der Waals surface area contributed by atoms with Crippen molar-refractivity contribution < 1.29 is 17.7 Å². The van der Waals surface area contributed by atoms with E-state index >= 15 is 0 Å². The largest absolute Gasteiger partial charge is 0.361 e. The SMILES string of the molecule is Cc1cc(CN2CCN(C(=O)N[C@H]3CCS(=O)(=O)C3)CC2)no1. The summed E-state index contributed by atoms with van der Waals surface area (Å²) in [4.78, 5) is 16.2. The van der Waals surface area contributed by atoms with Gasteiger partial charge in [0.2, 0.25) is 0 Å². The Kier molecular flexibility index (Phi) is 4.58. The molecule has 2 amide bonds. The summed E-state index contributed by atoms with van der Waals surface area (Å²) in [7, 11) is -2.97. The summed E-state index contributed by atoms with van der Waals surface area (Å²) >= 11 is 0. The molecule has 0 saturated carbocycles. The second kappa shape index (κ2) is 6.48. The quantitative estimate of drug-likeness (QED) is 0.830. The molecule has 1 aromatic heterocycles. The van der Waals surface area contributed by atoms with Crippen LogP contribution < -0.4 is 5.32 Å². The number of aryl methyl sites for hydroxylation is 1. The number of nitrogens with zero attached hydrogens (tertiary/aromatic N) is 3. The molecule has 0 unspecified atom stereocenters. The molecule has 0 bridgehead atoms. The van der Waals surface area contributed by atoms with Crippen LogP contribution in [0.3, 0.4) is 0 Å². The van der Waals surface area contributed by atoms with Gasteiger partial charge in [-0.3, -0.25) is 4.90 Å². The van der Waals surface area contributed by atoms with Gasteiger partial charge in [-0.25, -0.2) is 13.2 Å². The van der Waals surface area contributed by atoms with E-state index in [2.05, 4.69) is 15.4 Å². The van der Waals surface area contributed by atoms with Gasteiger partial charge in [-0.15, -0.1) is 0 Å². The maximum atomic E-state index is 12.2. The number of amides is 2. The molecule has 3 rings (SSSR count). The van der Waals surface area contributed by atoms with E-state index in [1.54, 1.807) is 4.90 Å². The monoisotopic (exact) mass is 342 g/mol. The lowest BCUT2D eigenvalue weighted by atomic mass is 10.2. The standard InChI is InChI=1S/C14H22N4O4S/c1-11-8-13(16-22-11)9-17-3-5-18(6-4-17)14(19)15-12-2-7-23(20,21)10-12/h8,12H,2-7,9-10H2,1H3,(H,15,19)/t12-/m0/s1. The molecule has 0 aromatic carbocycles. The summed E-state index contributed by atoms with van der Waals surface area (Å²) in [5.74, 6) is 1.03. The molecule has 2 saturated heterocycles. The minimum Gasteiger partial charge on any atom is -0.361 e. The number of sulfone groups is 1. The maximum Gasteiger partial charge on any atom is 0.317 e. The first-order chi connectivity index (χ1) is 10.9. The maximum absolute atomic E-state index is 12.2. The van der Waals surface area contributed by atoms with Crippen molar-refractivity contribution in [2.24, 2.45) is 0 Å². The normalized spacial score (nSPS) is 24.7. The van der Waals surface area contributed by atoms with Gasteiger partial charge in [-0.1, -0.05) is 5.16 Å². The van der Waals surface area contributed by atoms with E-state index in [0.717, 1.165) is 24.5 Å². The number of piperazine rings is 1. The van der Waals surface area contributed by atoms with E-state index in [9.17, 15) is 13.2 Å². The summed E-state index contributed by atoms with van der Waals surface area (Å²) in [6.45, 7) is 5.37. The van der Waals surface area contributed by atoms with E-state index < -0.39 is 9.84 Å². The Morgan fingerprint density at radius 3 is 2.70 bits per heavy atom. The van der Waals surface area contributed by atoms with Crippen molar-refractivity contribution in [2.75, 3.05) is 37.7 Å². The van der Waals surface area contributed by atoms with Gasteiger partial charge in [0.15, 0.2) is 9.84 Å². The zero-order valence-electron chi connectivity index (χ0n) is 13.2. The average Bonchev–Trinajstić information content (AvgIpc) is 3.05. The average molecular weight is 342 g/mol. The first-order valence-electron chi connectivity index (χ1n) is 7.82. The van der Waals surface area contributed by atoms with Crippen LogP contribution in [0, 0.1) is 6.92 Å². The second-order valence-electron chi connectivity index (χ2n) is 6.24. The minimum atomic E-state index is -2.97. The Morgan fingerprint density at radius 1 is 1.39 bits per heavy atom. The predicted octanol–water partition coefficient (Wildman–Crippen LogP) is -0.00268. The van der Waals surface area contributed by atoms with Crippen molar-refractivity contribution in [1.29, 1.82) is 0 Å². The number of rotatable bonds is 3. The fraction of sp³-hybridized carbons (Fsp3) is 0.714. The van der Waals surface area contributed by atoms with Crippen LogP contribution in [-0.2, 0) is 16.4 Å². The molecule has 2 aliphatic heterocycles. The summed E-state index contributed by atoms with van der Waals surface area (Å²) < 4.78 is 27.9. The third-order valence-corrected chi connectivity index (χ3v) is 6.05. The van der Waals surface area contributed by atoms with Gasteiger partial charge < -0.3 is 14.7 Å². The highest BCUT2D eigenvalue weighted by Crippen LogP contribution is 2.13. The Hall–Kier alpha value is -1.61. The smallest absolute Gasteiger partial charge is 0.317 e. The summed E-state index contributed by atoms with van der Waals surface area (Å²) in [6.07, 6.45) is 0.513. The zero-order valence-corrected chi connectivity index (χ0v) is 14.0. The first-order valence-corrected chi connectivity index (χ1v) is 9.64. The third kappa shape index (κ3) is 4.23. The van der Waals surface area contributed by atoms with Crippen LogP contribution in [0.5, 0.6) is 0 Å². The number of urea groups is 1. The molecule has 1 aromatic rings. The summed E-state index contributed by atoms with van der Waals surface area (Å²) in [5.41, 5.74) is 0.900. The highest BCUT2D eigenvalue weighted by molar-refractivity contribution is 7.91. The topological polar surface area (TPSA) is 95.8 Å². The lowest BCUT2D eigenvalue weighted by Crippen LogP contribution is -2.53. The van der Waals surface area contributed by atoms with Crippen LogP contribution in [0.2, 0.25) is 0 Å². The molecule has 1 N–H and O–H groups in total. The van der Waals surface area contributed by atoms with Gasteiger partial charge in [0.1, 0.15) is 5.76 Å². The molecule has 8 nitrogen and oxygen atoms in total. The molecule has 3 heterocycles. The summed E-state index contributed by atoms with van der Waals surface area (Å²) in [5, 5.41) is 6.81. The van der Waals surface area contributed by atoms with Crippen molar-refractivity contribution >= 4 is 15.9 Å². The Bertz CT molecular complexity index is 664. The number of nitrogens with one attached hydrogen (secondary N) is 1. The molecule has 23 heavy (non-hydrogen) atoms. The van der Waals surface area contributed by atoms with Gasteiger partial charge >= 0.3 is 6.03 Å². The van der Waals surface area contributed by atoms with Crippen LogP contribution in [0.15, 0.2) is 10.6 Å². The molecule has 1 atom stereocenters. The number of carbonyl (C=O) groups excluding carboxylic acids is 1. The van der Waals surface area contributed by atoms with E-state index in [1.165, 1.54) is 0 Å². The fourth-order valence-electron chi connectivity index (χ4n) is 3.01. The van der Waals surface area contributed by atoms with E-state index in [-0.39, 0.29) is 23.6 Å². The van der Waals surface area contributed by atoms with E-state index in [1.807, 2.05) is 13.0 Å². The summed E-state index contributed by atoms with van der Waals surface area (Å²) in [6, 6.07) is 1.51. The number of hydrogen-bond donors (Lipinski definition) is 1. The minimum absolute atomic E-state index is 0.0597. The molecule has 128 valence electrons. The van der Waals surface area contributed by atoms with Crippen molar-refractivity contribution in [3.8, 4) is 0 Å². The molecule has 0 spiro atoms. The van der Waals surface area contributed by atoms with Gasteiger partial charge in [-0.2, -0.15) is 0 Å². The Labute approximate surface area is 135 Å². The molecule has 2 fully saturated rings. The Balaban J connectivity index is 1.44. The second-order valence-corrected chi connectivity index (χ2v) is 8.47. The molecular weight excluding hydrogens is 320 g/mol. The van der Waals surface area contributed by atoms with E-state index in [0.29, 0.717) is 26.1 Å². The van der Waals surface area contributed by atoms with Gasteiger partial charge in [0.25, 0.3) is 0 Å². The van der Waals surface area contributed by atoms with Crippen LogP contribution in [-0.4, -0.2) is 73.1 Å². The van der Waals surface area contributed by atoms with Crippen LogP contribution in [0.4, 0.5) is 4.79 Å². The molecule has 0 aliphatic carbocycles. The highest BCUT2D eigenvalue weighted by Gasteiger charge is 2.31. The lowest BCUT2D eigenvalue weighted by Gasteiger charge is -2.34. The molecule has 9 heteroatoms. The molecular formula is C14H22N4O4S. The number of aromatic nitrogens is 1. The predicted molar refractivity (Wildman–Crippen MR) is 83.7 cm³/mol. The first kappa shape index (κ1) is 16.3. The molecule has 0 radical (unpaired) electrons. The van der Waals surface area contributed by atoms with Crippen LogP contribution >= 0.6 is 0 Å². The zero-order chi connectivity index (χ0) is 16.4. The Morgan fingerprint density at radius 2 is 2.13 bits per heavy atom. The van der Waals surface area contributed by atoms with Crippen LogP contribution in [0.1, 0.15) is 17.9 Å². The molecule has 2 aliphatic rings. The van der Waals surface area contributed by atoms with Gasteiger partial charge in [-0.05, 0) is 13.3 Å². The fourth-order valence-corrected chi connectivity index (χ4v) is 4.68. The van der Waals surface area contributed by atoms with Crippen molar-refractivity contribution in [1.82, 2.24) is 20.3 Å². The van der Waals surface area contributed by atoms with Crippen molar-refractivity contribution in [2.45, 2.75) is 25.9 Å².